The van der Waals surface area contributed by atoms with Gasteiger partial charge in [-0.25, -0.2) is 9.78 Å². The number of aromatic nitrogens is 2. The number of hydrogen-bond donors (Lipinski definition) is 5. The van der Waals surface area contributed by atoms with Gasteiger partial charge in [0, 0.05) is 38.9 Å². The zero-order valence-corrected chi connectivity index (χ0v) is 37.9. The van der Waals surface area contributed by atoms with Crippen molar-refractivity contribution in [3.63, 3.8) is 0 Å². The summed E-state index contributed by atoms with van der Waals surface area (Å²) in [5.41, 5.74) is 6.84. The average Bonchev–Trinajstić information content (AvgIpc) is 4.20. The zero-order chi connectivity index (χ0) is 45.7. The highest BCUT2D eigenvalue weighted by atomic mass is 16.5. The average molecular weight is 893 g/mol. The van der Waals surface area contributed by atoms with Crippen molar-refractivity contribution in [1.29, 1.82) is 0 Å². The molecule has 3 fully saturated rings. The van der Waals surface area contributed by atoms with E-state index in [1.165, 1.54) is 7.11 Å². The molecule has 0 saturated carbocycles. The Morgan fingerprint density at radius 1 is 0.788 bits per heavy atom. The number of carbonyl (C=O) groups excluding carboxylic acids is 4. The van der Waals surface area contributed by atoms with E-state index in [1.54, 1.807) is 0 Å². The van der Waals surface area contributed by atoms with Gasteiger partial charge in [-0.1, -0.05) is 92.7 Å². The van der Waals surface area contributed by atoms with Crippen LogP contribution >= 0.6 is 0 Å². The molecule has 0 radical (unpaired) electrons. The quantitative estimate of drug-likeness (QED) is 0.0808. The summed E-state index contributed by atoms with van der Waals surface area (Å²) in [7, 11) is 1.30. The number of H-pyrrole nitrogens is 1. The molecule has 4 aliphatic rings. The van der Waals surface area contributed by atoms with E-state index in [2.05, 4.69) is 86.9 Å². The zero-order valence-electron chi connectivity index (χ0n) is 37.9. The highest BCUT2D eigenvalue weighted by Gasteiger charge is 2.41. The third-order valence-electron chi connectivity index (χ3n) is 13.7. The number of imidazole rings is 1. The molecule has 1 unspecified atom stereocenters. The van der Waals surface area contributed by atoms with Gasteiger partial charge in [0.2, 0.25) is 17.7 Å². The van der Waals surface area contributed by atoms with Crippen LogP contribution in [0.2, 0.25) is 0 Å². The second kappa shape index (κ2) is 19.8. The van der Waals surface area contributed by atoms with Gasteiger partial charge in [-0.2, -0.15) is 0 Å². The number of nitrogens with zero attached hydrogens (tertiary/aromatic N) is 3. The standard InChI is InChI=1S/C52H60N8O6/c1-32(2)46(58-52(64)65-3)50(62)59-23-7-11-43(59)49-54-31-42(56-49)40-20-19-38-28-37(17-18-39(38)29-40)34-13-15-35(16-14-34)41-30-53-48(55-41)44-12-8-24-60(44)51(63)47(36-9-5-4-6-10-36)57-45(61)27-33-21-25-66-26-22-33/h4-6,9-10,13-20,28-33,43-44,46-47,49,54,56H,7-8,11-12,21-27H2,1-3H3,(H,53,55)(H,57,61)(H,58,64)/t43-,44-,46-,47+,49?/m0/s1. The van der Waals surface area contributed by atoms with Gasteiger partial charge in [-0.05, 0) is 101 Å². The summed E-state index contributed by atoms with van der Waals surface area (Å²) >= 11 is 0. The van der Waals surface area contributed by atoms with Crippen molar-refractivity contribution >= 4 is 40.3 Å². The van der Waals surface area contributed by atoms with Crippen LogP contribution in [0.15, 0.2) is 103 Å². The number of fused-ring (bicyclic) bond motifs is 1. The molecule has 4 aromatic carbocycles. The Bertz CT molecular complexity index is 2570. The van der Waals surface area contributed by atoms with Crippen LogP contribution in [0, 0.1) is 11.8 Å². The maximum absolute atomic E-state index is 14.3. The van der Waals surface area contributed by atoms with Gasteiger partial charge < -0.3 is 45.5 Å². The van der Waals surface area contributed by atoms with Crippen molar-refractivity contribution in [2.45, 2.75) is 89.1 Å². The lowest BCUT2D eigenvalue weighted by Gasteiger charge is -2.34. The minimum Gasteiger partial charge on any atom is -0.453 e. The lowest BCUT2D eigenvalue weighted by molar-refractivity contribution is -0.138. The van der Waals surface area contributed by atoms with Crippen LogP contribution in [0.3, 0.4) is 0 Å². The summed E-state index contributed by atoms with van der Waals surface area (Å²) in [4.78, 5) is 65.4. The molecule has 14 nitrogen and oxygen atoms in total. The highest BCUT2D eigenvalue weighted by molar-refractivity contribution is 5.91. The lowest BCUT2D eigenvalue weighted by atomic mass is 9.95. The van der Waals surface area contributed by atoms with Crippen LogP contribution in [0.25, 0.3) is 38.9 Å². The SMILES string of the molecule is COC(=O)N[C@H](C(=O)N1CCC[C@H]1C1NC=C(c2ccc3cc(-c4ccc(-c5cnc([C@@H]6CCCN6C(=O)[C@H](NC(=O)CC6CCOCC6)c6ccccc6)[nH]5)cc4)ccc3c2)N1)C(C)C. The number of hydrogen-bond acceptors (Lipinski definition) is 9. The van der Waals surface area contributed by atoms with Crippen LogP contribution in [0.5, 0.6) is 0 Å². The molecule has 1 aromatic heterocycles. The number of methoxy groups -OCH3 is 1. The maximum atomic E-state index is 14.3. The fourth-order valence-corrected chi connectivity index (χ4v) is 10.0. The van der Waals surface area contributed by atoms with Crippen molar-refractivity contribution in [2.75, 3.05) is 33.4 Å². The number of benzene rings is 4. The molecule has 5 atom stereocenters. The predicted molar refractivity (Wildman–Crippen MR) is 253 cm³/mol. The summed E-state index contributed by atoms with van der Waals surface area (Å²) < 4.78 is 10.3. The number of nitrogens with one attached hydrogen (secondary N) is 5. The largest absolute Gasteiger partial charge is 0.453 e. The molecule has 5 N–H and O–H groups in total. The molecule has 0 spiro atoms. The summed E-state index contributed by atoms with van der Waals surface area (Å²) in [6.07, 6.45) is 8.52. The topological polar surface area (TPSA) is 170 Å². The Morgan fingerprint density at radius 3 is 2.21 bits per heavy atom. The summed E-state index contributed by atoms with van der Waals surface area (Å²) in [5.74, 6) is 0.583. The van der Waals surface area contributed by atoms with Crippen molar-refractivity contribution in [3.8, 4) is 22.4 Å². The van der Waals surface area contributed by atoms with Gasteiger partial charge in [0.25, 0.3) is 0 Å². The Hall–Kier alpha value is -6.67. The Labute approximate surface area is 385 Å². The fraction of sp³-hybridized carbons (Fsp3) is 0.404. The first-order valence-electron chi connectivity index (χ1n) is 23.4. The Balaban J connectivity index is 0.837. The summed E-state index contributed by atoms with van der Waals surface area (Å²) in [6, 6.07) is 29.1. The first-order valence-corrected chi connectivity index (χ1v) is 23.4. The second-order valence-electron chi connectivity index (χ2n) is 18.3. The minimum absolute atomic E-state index is 0.0719. The van der Waals surface area contributed by atoms with E-state index in [0.29, 0.717) is 32.7 Å². The van der Waals surface area contributed by atoms with Crippen molar-refractivity contribution in [3.05, 3.63) is 120 Å². The molecule has 4 aliphatic heterocycles. The molecule has 0 aliphatic carbocycles. The van der Waals surface area contributed by atoms with E-state index in [0.717, 1.165) is 94.3 Å². The van der Waals surface area contributed by atoms with Crippen LogP contribution in [0.1, 0.15) is 87.8 Å². The third kappa shape index (κ3) is 9.65. The van der Waals surface area contributed by atoms with Gasteiger partial charge in [0.05, 0.1) is 36.8 Å². The monoisotopic (exact) mass is 892 g/mol. The molecule has 66 heavy (non-hydrogen) atoms. The number of rotatable bonds is 13. The first-order chi connectivity index (χ1) is 32.1. The molecule has 3 saturated heterocycles. The maximum Gasteiger partial charge on any atom is 0.407 e. The molecule has 9 rings (SSSR count). The molecule has 5 aromatic rings. The number of amides is 4. The first kappa shape index (κ1) is 44.5. The summed E-state index contributed by atoms with van der Waals surface area (Å²) in [6.45, 7) is 6.41. The number of likely N-dealkylation sites (tertiary alicyclic amines) is 2. The molecule has 0 bridgehead atoms. The van der Waals surface area contributed by atoms with Crippen LogP contribution in [-0.2, 0) is 23.9 Å². The molecule has 4 amide bonds. The molecular formula is C52H60N8O6. The molecule has 344 valence electrons. The van der Waals surface area contributed by atoms with Crippen LogP contribution in [0.4, 0.5) is 4.79 Å². The van der Waals surface area contributed by atoms with Crippen molar-refractivity contribution in [1.82, 2.24) is 41.0 Å². The van der Waals surface area contributed by atoms with Crippen molar-refractivity contribution in [2.24, 2.45) is 11.8 Å². The van der Waals surface area contributed by atoms with E-state index in [1.807, 2.05) is 66.4 Å². The molecular weight excluding hydrogens is 833 g/mol. The van der Waals surface area contributed by atoms with Crippen molar-refractivity contribution < 1.29 is 28.7 Å². The fourth-order valence-electron chi connectivity index (χ4n) is 10.0. The predicted octanol–water partition coefficient (Wildman–Crippen LogP) is 7.42. The van der Waals surface area contributed by atoms with Gasteiger partial charge in [0.15, 0.2) is 0 Å². The minimum atomic E-state index is -0.776. The normalized spacial score (nSPS) is 20.7. The summed E-state index contributed by atoms with van der Waals surface area (Å²) in [5, 5.41) is 15.2. The van der Waals surface area contributed by atoms with E-state index in [9.17, 15) is 19.2 Å². The van der Waals surface area contributed by atoms with Gasteiger partial charge in [-0.15, -0.1) is 0 Å². The van der Waals surface area contributed by atoms with E-state index >= 15 is 0 Å². The molecule has 14 heteroatoms. The highest BCUT2D eigenvalue weighted by Crippen LogP contribution is 2.35. The van der Waals surface area contributed by atoms with Gasteiger partial charge in [-0.3, -0.25) is 14.4 Å². The Kier molecular flexibility index (Phi) is 13.4. The smallest absolute Gasteiger partial charge is 0.407 e. The number of alkyl carbamates (subject to hydrolysis) is 1. The Morgan fingerprint density at radius 2 is 1.47 bits per heavy atom. The molecule has 5 heterocycles. The van der Waals surface area contributed by atoms with E-state index in [-0.39, 0.29) is 47.8 Å². The number of aromatic amines is 1. The van der Waals surface area contributed by atoms with E-state index in [4.69, 9.17) is 14.5 Å². The third-order valence-corrected chi connectivity index (χ3v) is 13.7. The van der Waals surface area contributed by atoms with Gasteiger partial charge >= 0.3 is 6.09 Å². The second-order valence-corrected chi connectivity index (χ2v) is 18.3. The van der Waals surface area contributed by atoms with Crippen LogP contribution in [-0.4, -0.2) is 95.2 Å². The van der Waals surface area contributed by atoms with E-state index < -0.39 is 18.2 Å². The number of carbonyl (C=O) groups is 4. The van der Waals surface area contributed by atoms with Crippen LogP contribution < -0.4 is 21.3 Å². The lowest BCUT2D eigenvalue weighted by Crippen LogP contribution is -2.57. The van der Waals surface area contributed by atoms with Gasteiger partial charge in [0.1, 0.15) is 24.1 Å². The number of ether oxygens (including phenoxy) is 2.